The van der Waals surface area contributed by atoms with Gasteiger partial charge in [-0.2, -0.15) is 0 Å². The minimum atomic E-state index is -0.277. The van der Waals surface area contributed by atoms with Crippen LogP contribution >= 0.6 is 11.6 Å². The number of aromatic nitrogens is 1. The van der Waals surface area contributed by atoms with Crippen LogP contribution in [0.3, 0.4) is 0 Å². The van der Waals surface area contributed by atoms with E-state index in [1.807, 2.05) is 0 Å². The molecule has 0 spiro atoms. The van der Waals surface area contributed by atoms with Crippen LogP contribution in [0.15, 0.2) is 6.20 Å². The number of nitrogens with zero attached hydrogens (tertiary/aromatic N) is 2. The van der Waals surface area contributed by atoms with Gasteiger partial charge in [-0.3, -0.25) is 9.69 Å². The second-order valence-electron chi connectivity index (χ2n) is 5.29. The van der Waals surface area contributed by atoms with Gasteiger partial charge in [0.1, 0.15) is 5.82 Å². The fraction of sp³-hybridized carbons (Fsp3) is 0.533. The Morgan fingerprint density at radius 3 is 2.78 bits per heavy atom. The normalized spacial score (nSPS) is 15.3. The summed E-state index contributed by atoms with van der Waals surface area (Å²) in [6.07, 6.45) is 1.44. The predicted molar refractivity (Wildman–Crippen MR) is 90.9 cm³/mol. The summed E-state index contributed by atoms with van der Waals surface area (Å²) in [4.78, 5) is 18.7. The fourth-order valence-corrected chi connectivity index (χ4v) is 2.79. The van der Waals surface area contributed by atoms with Crippen LogP contribution in [0.25, 0.3) is 0 Å². The average Bonchev–Trinajstić information content (AvgIpc) is 2.54. The van der Waals surface area contributed by atoms with Crippen LogP contribution < -0.4 is 10.6 Å². The lowest BCUT2D eigenvalue weighted by Gasteiger charge is -2.26. The lowest BCUT2D eigenvalue weighted by atomic mass is 10.1. The van der Waals surface area contributed by atoms with Crippen molar-refractivity contribution < 1.29 is 9.53 Å². The van der Waals surface area contributed by atoms with E-state index in [1.54, 1.807) is 14.0 Å². The minimum absolute atomic E-state index is 0.251. The van der Waals surface area contributed by atoms with Gasteiger partial charge in [0, 0.05) is 45.1 Å². The number of amides is 1. The zero-order valence-electron chi connectivity index (χ0n) is 13.4. The molecule has 3 N–H and O–H groups in total. The quantitative estimate of drug-likeness (QED) is 0.678. The Labute approximate surface area is 140 Å². The largest absolute Gasteiger partial charge is 0.379 e. The third kappa shape index (κ3) is 4.40. The Bertz CT molecular complexity index is 587. The molecule has 1 fully saturated rings. The third-order valence-corrected chi connectivity index (χ3v) is 4.08. The molecule has 0 aromatic carbocycles. The number of carbonyl (C=O) groups excluding carboxylic acids is 1. The van der Waals surface area contributed by atoms with E-state index >= 15 is 0 Å². The smallest absolute Gasteiger partial charge is 0.254 e. The van der Waals surface area contributed by atoms with Gasteiger partial charge in [-0.25, -0.2) is 4.98 Å². The van der Waals surface area contributed by atoms with Crippen LogP contribution in [0.2, 0.25) is 5.02 Å². The molecule has 7 nitrogen and oxygen atoms in total. The number of nitrogens with one attached hydrogen (secondary N) is 3. The first-order chi connectivity index (χ1) is 11.0. The molecule has 0 aliphatic carbocycles. The van der Waals surface area contributed by atoms with Crippen molar-refractivity contribution in [1.29, 1.82) is 5.41 Å². The maximum Gasteiger partial charge on any atom is 0.254 e. The van der Waals surface area contributed by atoms with Crippen LogP contribution in [0.1, 0.15) is 22.8 Å². The van der Waals surface area contributed by atoms with Gasteiger partial charge in [0.25, 0.3) is 5.91 Å². The Morgan fingerprint density at radius 1 is 1.48 bits per heavy atom. The summed E-state index contributed by atoms with van der Waals surface area (Å²) in [6, 6.07) is 0. The first-order valence-corrected chi connectivity index (χ1v) is 7.92. The summed E-state index contributed by atoms with van der Waals surface area (Å²) in [5, 5.41) is 13.8. The fourth-order valence-electron chi connectivity index (χ4n) is 2.43. The van der Waals surface area contributed by atoms with E-state index in [-0.39, 0.29) is 22.2 Å². The van der Waals surface area contributed by atoms with Crippen molar-refractivity contribution in [2.45, 2.75) is 6.92 Å². The molecule has 1 aromatic heterocycles. The highest BCUT2D eigenvalue weighted by Crippen LogP contribution is 2.26. The Balaban J connectivity index is 2.01. The minimum Gasteiger partial charge on any atom is -0.379 e. The number of pyridine rings is 1. The maximum atomic E-state index is 12.3. The molecule has 1 saturated heterocycles. The Kier molecular flexibility index (Phi) is 6.32. The SMILES string of the molecule is CNc1ncc(C(=O)NCCN2CCOCC2)c(Cl)c1C(C)=N. The molecule has 2 rings (SSSR count). The number of halogens is 1. The van der Waals surface area contributed by atoms with Crippen molar-refractivity contribution in [3.8, 4) is 0 Å². The highest BCUT2D eigenvalue weighted by atomic mass is 35.5. The number of ether oxygens (including phenoxy) is 1. The van der Waals surface area contributed by atoms with Crippen molar-refractivity contribution in [3.63, 3.8) is 0 Å². The molecule has 0 unspecified atom stereocenters. The molecule has 1 amide bonds. The predicted octanol–water partition coefficient (Wildman–Crippen LogP) is 1.23. The second-order valence-corrected chi connectivity index (χ2v) is 5.67. The molecule has 0 bridgehead atoms. The van der Waals surface area contributed by atoms with Crippen molar-refractivity contribution in [3.05, 3.63) is 22.3 Å². The summed E-state index contributed by atoms with van der Waals surface area (Å²) in [5.41, 5.74) is 0.999. The van der Waals surface area contributed by atoms with Crippen LogP contribution in [-0.2, 0) is 4.74 Å². The van der Waals surface area contributed by atoms with Gasteiger partial charge in [-0.15, -0.1) is 0 Å². The van der Waals surface area contributed by atoms with Crippen molar-refractivity contribution in [1.82, 2.24) is 15.2 Å². The van der Waals surface area contributed by atoms with Crippen LogP contribution in [-0.4, -0.2) is 67.9 Å². The molecule has 0 atom stereocenters. The summed E-state index contributed by atoms with van der Waals surface area (Å²) in [5.74, 6) is 0.216. The van der Waals surface area contributed by atoms with Gasteiger partial charge in [-0.1, -0.05) is 11.6 Å². The number of carbonyl (C=O) groups is 1. The summed E-state index contributed by atoms with van der Waals surface area (Å²) in [7, 11) is 1.70. The average molecular weight is 340 g/mol. The van der Waals surface area contributed by atoms with E-state index in [2.05, 4.69) is 20.5 Å². The number of anilines is 1. The third-order valence-electron chi connectivity index (χ3n) is 3.69. The first kappa shape index (κ1) is 17.7. The van der Waals surface area contributed by atoms with Gasteiger partial charge in [0.05, 0.1) is 29.4 Å². The maximum absolute atomic E-state index is 12.3. The first-order valence-electron chi connectivity index (χ1n) is 7.54. The molecular weight excluding hydrogens is 318 g/mol. The van der Waals surface area contributed by atoms with Crippen LogP contribution in [0.4, 0.5) is 5.82 Å². The van der Waals surface area contributed by atoms with Crippen LogP contribution in [0.5, 0.6) is 0 Å². The second kappa shape index (κ2) is 8.24. The van der Waals surface area contributed by atoms with Crippen molar-refractivity contribution in [2.75, 3.05) is 51.8 Å². The van der Waals surface area contributed by atoms with E-state index in [4.69, 9.17) is 21.7 Å². The Hall–Kier alpha value is -1.70. The molecule has 8 heteroatoms. The van der Waals surface area contributed by atoms with Crippen LogP contribution in [0, 0.1) is 5.41 Å². The van der Waals surface area contributed by atoms with Gasteiger partial charge in [0.2, 0.25) is 0 Å². The molecule has 2 heterocycles. The topological polar surface area (TPSA) is 90.3 Å². The van der Waals surface area contributed by atoms with Gasteiger partial charge < -0.3 is 20.8 Å². The zero-order valence-corrected chi connectivity index (χ0v) is 14.2. The van der Waals surface area contributed by atoms with E-state index in [0.29, 0.717) is 17.9 Å². The highest BCUT2D eigenvalue weighted by Gasteiger charge is 2.19. The highest BCUT2D eigenvalue weighted by molar-refractivity contribution is 6.37. The lowest BCUT2D eigenvalue weighted by Crippen LogP contribution is -2.41. The molecule has 23 heavy (non-hydrogen) atoms. The number of morpholine rings is 1. The van der Waals surface area contributed by atoms with Gasteiger partial charge in [-0.05, 0) is 6.92 Å². The molecule has 126 valence electrons. The summed E-state index contributed by atoms with van der Waals surface area (Å²) >= 11 is 6.30. The monoisotopic (exact) mass is 339 g/mol. The van der Waals surface area contributed by atoms with Crippen molar-refractivity contribution in [2.24, 2.45) is 0 Å². The molecule has 1 aromatic rings. The molecule has 1 aliphatic heterocycles. The van der Waals surface area contributed by atoms with E-state index < -0.39 is 0 Å². The lowest BCUT2D eigenvalue weighted by molar-refractivity contribution is 0.0383. The number of hydrogen-bond acceptors (Lipinski definition) is 6. The van der Waals surface area contributed by atoms with E-state index in [0.717, 1.165) is 32.8 Å². The number of hydrogen-bond donors (Lipinski definition) is 3. The molecule has 1 aliphatic rings. The Morgan fingerprint density at radius 2 is 2.17 bits per heavy atom. The number of rotatable bonds is 6. The van der Waals surface area contributed by atoms with Crippen molar-refractivity contribution >= 4 is 29.0 Å². The zero-order chi connectivity index (χ0) is 16.8. The summed E-state index contributed by atoms with van der Waals surface area (Å²) in [6.45, 7) is 6.14. The molecule has 0 saturated carbocycles. The van der Waals surface area contributed by atoms with Gasteiger partial charge in [0.15, 0.2) is 0 Å². The van der Waals surface area contributed by atoms with Gasteiger partial charge >= 0.3 is 0 Å². The van der Waals surface area contributed by atoms with E-state index in [9.17, 15) is 4.79 Å². The molecule has 0 radical (unpaired) electrons. The molecular formula is C15H22ClN5O2. The summed E-state index contributed by atoms with van der Waals surface area (Å²) < 4.78 is 5.29. The van der Waals surface area contributed by atoms with E-state index in [1.165, 1.54) is 6.20 Å². The standard InChI is InChI=1S/C15H22ClN5O2/c1-10(17)12-13(16)11(9-20-14(12)18-2)15(22)19-3-4-21-5-7-23-8-6-21/h9,17H,3-8H2,1-2H3,(H,18,20)(H,19,22).